The fourth-order valence-electron chi connectivity index (χ4n) is 4.48. The summed E-state index contributed by atoms with van der Waals surface area (Å²) in [5.74, 6) is -0.399. The third-order valence-corrected chi connectivity index (χ3v) is 6.56. The number of rotatable bonds is 7. The quantitative estimate of drug-likeness (QED) is 0.189. The number of amides is 1. The highest BCUT2D eigenvalue weighted by atomic mass is 16.3. The molecule has 0 saturated carbocycles. The number of para-hydroxylation sites is 1. The van der Waals surface area contributed by atoms with Crippen molar-refractivity contribution in [2.45, 2.75) is 6.61 Å². The molecular formula is C32H24N6O3. The molecule has 2 aromatic heterocycles. The number of aromatic hydroxyl groups is 1. The number of aliphatic hydroxyl groups excluding tert-OH is 1. The zero-order chi connectivity index (χ0) is 28.2. The normalized spacial score (nSPS) is 11.2. The van der Waals surface area contributed by atoms with Crippen LogP contribution in [0.25, 0.3) is 27.7 Å². The van der Waals surface area contributed by atoms with E-state index in [0.717, 1.165) is 11.3 Å². The van der Waals surface area contributed by atoms with Crippen LogP contribution in [0.3, 0.4) is 0 Å². The molecular weight excluding hydrogens is 516 g/mol. The number of anilines is 1. The first-order valence-electron chi connectivity index (χ1n) is 12.8. The van der Waals surface area contributed by atoms with Crippen molar-refractivity contribution in [3.63, 3.8) is 0 Å². The highest BCUT2D eigenvalue weighted by Gasteiger charge is 2.20. The SMILES string of the molecule is O=C(Nc1ccc(CO)cc1)c1cc2ccccc2c(N=Nc2c(-c3ccccn3)cnn2-c2ccccc2)c1O. The lowest BCUT2D eigenvalue weighted by Gasteiger charge is -2.12. The lowest BCUT2D eigenvalue weighted by molar-refractivity contribution is 0.102. The number of nitrogens with zero attached hydrogens (tertiary/aromatic N) is 5. The van der Waals surface area contributed by atoms with Crippen LogP contribution >= 0.6 is 0 Å². The zero-order valence-corrected chi connectivity index (χ0v) is 21.7. The molecule has 0 spiro atoms. The van der Waals surface area contributed by atoms with Crippen LogP contribution in [0.15, 0.2) is 126 Å². The van der Waals surface area contributed by atoms with Crippen molar-refractivity contribution in [3.8, 4) is 22.7 Å². The third-order valence-electron chi connectivity index (χ3n) is 6.56. The molecule has 6 aromatic rings. The fourth-order valence-corrected chi connectivity index (χ4v) is 4.48. The monoisotopic (exact) mass is 540 g/mol. The van der Waals surface area contributed by atoms with Gasteiger partial charge in [-0.15, -0.1) is 10.2 Å². The van der Waals surface area contributed by atoms with Crippen LogP contribution in [-0.4, -0.2) is 30.9 Å². The van der Waals surface area contributed by atoms with Gasteiger partial charge in [0.25, 0.3) is 5.91 Å². The van der Waals surface area contributed by atoms with E-state index < -0.39 is 5.91 Å². The van der Waals surface area contributed by atoms with Crippen molar-refractivity contribution in [2.24, 2.45) is 10.2 Å². The van der Waals surface area contributed by atoms with Gasteiger partial charge in [-0.1, -0.05) is 60.7 Å². The summed E-state index contributed by atoms with van der Waals surface area (Å²) < 4.78 is 1.65. The molecule has 4 aromatic carbocycles. The summed E-state index contributed by atoms with van der Waals surface area (Å²) in [6.45, 7) is -0.0979. The Balaban J connectivity index is 1.45. The maximum Gasteiger partial charge on any atom is 0.259 e. The summed E-state index contributed by atoms with van der Waals surface area (Å²) in [5, 5.41) is 38.4. The minimum atomic E-state index is -0.509. The van der Waals surface area contributed by atoms with Crippen LogP contribution in [0.2, 0.25) is 0 Å². The van der Waals surface area contributed by atoms with Crippen LogP contribution in [-0.2, 0) is 6.61 Å². The molecule has 41 heavy (non-hydrogen) atoms. The number of nitrogens with one attached hydrogen (secondary N) is 1. The smallest absolute Gasteiger partial charge is 0.259 e. The molecule has 2 heterocycles. The van der Waals surface area contributed by atoms with Crippen molar-refractivity contribution >= 4 is 33.9 Å². The predicted molar refractivity (Wildman–Crippen MR) is 157 cm³/mol. The molecule has 3 N–H and O–H groups in total. The number of phenols is 1. The fraction of sp³-hybridized carbons (Fsp3) is 0.0312. The number of carbonyl (C=O) groups excluding carboxylic acids is 1. The maximum absolute atomic E-state index is 13.3. The van der Waals surface area contributed by atoms with Gasteiger partial charge in [0.2, 0.25) is 0 Å². The number of hydrogen-bond donors (Lipinski definition) is 3. The van der Waals surface area contributed by atoms with Crippen LogP contribution in [0.4, 0.5) is 17.2 Å². The molecule has 0 aliphatic carbocycles. The Bertz CT molecular complexity index is 1810. The summed E-state index contributed by atoms with van der Waals surface area (Å²) in [4.78, 5) is 17.7. The van der Waals surface area contributed by atoms with E-state index in [1.807, 2.05) is 72.8 Å². The topological polar surface area (TPSA) is 125 Å². The molecule has 0 bridgehead atoms. The number of aromatic nitrogens is 3. The molecule has 0 unspecified atom stereocenters. The first-order chi connectivity index (χ1) is 20.1. The van der Waals surface area contributed by atoms with Gasteiger partial charge in [-0.2, -0.15) is 5.10 Å². The summed E-state index contributed by atoms with van der Waals surface area (Å²) >= 11 is 0. The molecule has 6 rings (SSSR count). The van der Waals surface area contributed by atoms with E-state index in [0.29, 0.717) is 33.5 Å². The number of phenolic OH excluding ortho intramolecular Hbond substituents is 1. The van der Waals surface area contributed by atoms with Gasteiger partial charge in [0.15, 0.2) is 11.6 Å². The van der Waals surface area contributed by atoms with E-state index in [9.17, 15) is 15.0 Å². The Labute approximate surface area is 235 Å². The molecule has 0 aliphatic rings. The highest BCUT2D eigenvalue weighted by Crippen LogP contribution is 2.41. The summed E-state index contributed by atoms with van der Waals surface area (Å²) in [6.07, 6.45) is 3.36. The minimum Gasteiger partial charge on any atom is -0.505 e. The van der Waals surface area contributed by atoms with E-state index >= 15 is 0 Å². The van der Waals surface area contributed by atoms with E-state index in [4.69, 9.17) is 0 Å². The lowest BCUT2D eigenvalue weighted by Crippen LogP contribution is -2.12. The predicted octanol–water partition coefficient (Wildman–Crippen LogP) is 6.95. The van der Waals surface area contributed by atoms with Gasteiger partial charge in [0, 0.05) is 17.3 Å². The van der Waals surface area contributed by atoms with Crippen LogP contribution in [0.5, 0.6) is 5.75 Å². The van der Waals surface area contributed by atoms with Gasteiger partial charge in [-0.25, -0.2) is 4.68 Å². The number of carbonyl (C=O) groups is 1. The van der Waals surface area contributed by atoms with Gasteiger partial charge in [0.05, 0.1) is 35.3 Å². The number of hydrogen-bond acceptors (Lipinski definition) is 7. The standard InChI is InChI=1S/C32H24N6O3/c39-20-21-13-15-23(16-14-21)35-32(41)26-18-22-8-4-5-11-25(22)29(30(26)40)36-37-31-27(28-12-6-7-17-33-28)19-34-38(31)24-9-2-1-3-10-24/h1-19,39-40H,20H2,(H,35,41). The number of pyridine rings is 1. The van der Waals surface area contributed by atoms with Crippen LogP contribution in [0.1, 0.15) is 15.9 Å². The Morgan fingerprint density at radius 1 is 0.878 bits per heavy atom. The van der Waals surface area contributed by atoms with E-state index in [1.54, 1.807) is 47.4 Å². The van der Waals surface area contributed by atoms with Gasteiger partial charge in [0.1, 0.15) is 5.69 Å². The molecule has 0 fully saturated rings. The van der Waals surface area contributed by atoms with Crippen LogP contribution in [0, 0.1) is 0 Å². The Kier molecular flexibility index (Phi) is 7.00. The molecule has 0 radical (unpaired) electrons. The van der Waals surface area contributed by atoms with E-state index in [-0.39, 0.29) is 23.6 Å². The molecule has 0 atom stereocenters. The second-order valence-electron chi connectivity index (χ2n) is 9.20. The van der Waals surface area contributed by atoms with Crippen molar-refractivity contribution in [1.82, 2.24) is 14.8 Å². The molecule has 9 heteroatoms. The average Bonchev–Trinajstić information content (AvgIpc) is 3.45. The third kappa shape index (κ3) is 5.17. The average molecular weight is 541 g/mol. The summed E-state index contributed by atoms with van der Waals surface area (Å²) in [5.41, 5.74) is 3.54. The molecule has 0 aliphatic heterocycles. The van der Waals surface area contributed by atoms with Crippen molar-refractivity contribution < 1.29 is 15.0 Å². The number of azo groups is 1. The number of aliphatic hydroxyl groups is 1. The van der Waals surface area contributed by atoms with Gasteiger partial charge >= 0.3 is 0 Å². The van der Waals surface area contributed by atoms with Crippen molar-refractivity contribution in [2.75, 3.05) is 5.32 Å². The number of benzene rings is 4. The highest BCUT2D eigenvalue weighted by molar-refractivity contribution is 6.11. The van der Waals surface area contributed by atoms with Gasteiger partial charge < -0.3 is 15.5 Å². The number of fused-ring (bicyclic) bond motifs is 1. The van der Waals surface area contributed by atoms with E-state index in [2.05, 4.69) is 25.6 Å². The summed E-state index contributed by atoms with van der Waals surface area (Å²) in [7, 11) is 0. The molecule has 200 valence electrons. The summed E-state index contributed by atoms with van der Waals surface area (Å²) in [6, 6.07) is 30.8. The minimum absolute atomic E-state index is 0.0467. The Morgan fingerprint density at radius 2 is 1.63 bits per heavy atom. The van der Waals surface area contributed by atoms with E-state index in [1.165, 1.54) is 0 Å². The van der Waals surface area contributed by atoms with Crippen molar-refractivity contribution in [1.29, 1.82) is 0 Å². The maximum atomic E-state index is 13.3. The first kappa shape index (κ1) is 25.6. The Morgan fingerprint density at radius 3 is 2.39 bits per heavy atom. The van der Waals surface area contributed by atoms with Gasteiger partial charge in [-0.3, -0.25) is 9.78 Å². The van der Waals surface area contributed by atoms with Gasteiger partial charge in [-0.05, 0) is 53.4 Å². The largest absolute Gasteiger partial charge is 0.505 e. The van der Waals surface area contributed by atoms with Crippen LogP contribution < -0.4 is 5.32 Å². The van der Waals surface area contributed by atoms with Crippen molar-refractivity contribution in [3.05, 3.63) is 127 Å². The Hall–Kier alpha value is -5.67. The zero-order valence-electron chi connectivity index (χ0n) is 21.7. The lowest BCUT2D eigenvalue weighted by atomic mass is 10.0. The molecule has 1 amide bonds. The second-order valence-corrected chi connectivity index (χ2v) is 9.20. The molecule has 9 nitrogen and oxygen atoms in total. The molecule has 0 saturated heterocycles. The second kappa shape index (κ2) is 11.2. The first-order valence-corrected chi connectivity index (χ1v) is 12.8.